The van der Waals surface area contributed by atoms with Gasteiger partial charge in [-0.05, 0) is 90.3 Å². The first-order chi connectivity index (χ1) is 7.42. The Labute approximate surface area is 90.8 Å². The summed E-state index contributed by atoms with van der Waals surface area (Å²) < 4.78 is 0. The topological polar surface area (TPSA) is 0 Å². The average Bonchev–Trinajstić information content (AvgIpc) is 2.33. The molecule has 0 bridgehead atoms. The summed E-state index contributed by atoms with van der Waals surface area (Å²) in [6, 6.07) is 0. The van der Waals surface area contributed by atoms with Crippen LogP contribution < -0.4 is 0 Å². The Bertz CT molecular complexity index is 408. The van der Waals surface area contributed by atoms with Gasteiger partial charge in [0.25, 0.3) is 0 Å². The molecule has 0 aliphatic heterocycles. The summed E-state index contributed by atoms with van der Waals surface area (Å²) in [4.78, 5) is 0. The van der Waals surface area contributed by atoms with Gasteiger partial charge in [0, 0.05) is 0 Å². The highest BCUT2D eigenvalue weighted by molar-refractivity contribution is 5.40. The molecule has 11 atom stereocenters. The minimum absolute atomic E-state index is 1.04. The van der Waals surface area contributed by atoms with Gasteiger partial charge < -0.3 is 0 Å². The van der Waals surface area contributed by atoms with E-state index in [9.17, 15) is 0 Å². The Kier molecular flexibility index (Phi) is 0.657. The fourth-order valence-corrected chi connectivity index (χ4v) is 9.24. The van der Waals surface area contributed by atoms with Crippen LogP contribution in [0.2, 0.25) is 0 Å². The fourth-order valence-electron chi connectivity index (χ4n) is 9.24. The van der Waals surface area contributed by atoms with Crippen molar-refractivity contribution in [1.29, 1.82) is 0 Å². The van der Waals surface area contributed by atoms with Gasteiger partial charge in [-0.25, -0.2) is 0 Å². The number of hydrogen-bond acceptors (Lipinski definition) is 0. The van der Waals surface area contributed by atoms with Gasteiger partial charge in [-0.2, -0.15) is 0 Å². The van der Waals surface area contributed by atoms with Crippen molar-refractivity contribution in [2.24, 2.45) is 64.6 Å². The second-order valence-corrected chi connectivity index (χ2v) is 8.22. The standard InChI is InChI=1S/C15H18/c1-5-3-8-10(5)14-11(8)13-9-4-6-2-7(1)15(13,14)12(6)9/h5-14H,1-4H2/t5-,6?,7?,8+,9?,10+,11+,12?,13?,14+,15?/m1/s1. The van der Waals surface area contributed by atoms with E-state index in [1.165, 1.54) is 59.2 Å². The summed E-state index contributed by atoms with van der Waals surface area (Å²) in [6.07, 6.45) is 6.74. The second-order valence-electron chi connectivity index (χ2n) is 8.22. The van der Waals surface area contributed by atoms with Crippen LogP contribution in [0.1, 0.15) is 25.7 Å². The van der Waals surface area contributed by atoms with Crippen LogP contribution in [-0.4, -0.2) is 0 Å². The molecule has 0 aromatic carbocycles. The van der Waals surface area contributed by atoms with Crippen LogP contribution in [-0.2, 0) is 0 Å². The number of fused-ring (bicyclic) bond motifs is 3. The predicted molar refractivity (Wildman–Crippen MR) is 55.8 cm³/mol. The van der Waals surface area contributed by atoms with E-state index in [1.807, 2.05) is 0 Å². The molecular weight excluding hydrogens is 180 g/mol. The third-order valence-corrected chi connectivity index (χ3v) is 8.97. The van der Waals surface area contributed by atoms with Crippen molar-refractivity contribution in [3.63, 3.8) is 0 Å². The Morgan fingerprint density at radius 2 is 1.53 bits per heavy atom. The molecule has 0 aromatic heterocycles. The van der Waals surface area contributed by atoms with Crippen molar-refractivity contribution in [1.82, 2.24) is 0 Å². The van der Waals surface area contributed by atoms with Crippen molar-refractivity contribution in [2.75, 3.05) is 0 Å². The van der Waals surface area contributed by atoms with Gasteiger partial charge in [0.2, 0.25) is 0 Å². The second kappa shape index (κ2) is 1.48. The van der Waals surface area contributed by atoms with Crippen LogP contribution in [0.25, 0.3) is 0 Å². The highest BCUT2D eigenvalue weighted by Gasteiger charge is 2.93. The lowest BCUT2D eigenvalue weighted by atomic mass is 9.12. The summed E-state index contributed by atoms with van der Waals surface area (Å²) in [5.41, 5.74) is 1.04. The molecule has 0 saturated heterocycles. The third kappa shape index (κ3) is 0.349. The zero-order valence-electron chi connectivity index (χ0n) is 9.10. The molecule has 78 valence electrons. The Hall–Kier alpha value is 0. The maximum Gasteiger partial charge on any atom is -0.0167 e. The maximum absolute atomic E-state index is 1.70. The summed E-state index contributed by atoms with van der Waals surface area (Å²) in [5.74, 6) is 12.8. The molecule has 15 heavy (non-hydrogen) atoms. The van der Waals surface area contributed by atoms with Crippen molar-refractivity contribution in [3.05, 3.63) is 0 Å². The largest absolute Gasteiger partial charge is 0.0467 e. The number of hydrogen-bond donors (Lipinski definition) is 0. The molecule has 7 aliphatic rings. The first-order valence-corrected chi connectivity index (χ1v) is 7.42. The van der Waals surface area contributed by atoms with Crippen LogP contribution in [0.4, 0.5) is 0 Å². The molecule has 0 aromatic rings. The van der Waals surface area contributed by atoms with E-state index >= 15 is 0 Å². The van der Waals surface area contributed by atoms with Gasteiger partial charge in [0.1, 0.15) is 0 Å². The quantitative estimate of drug-likeness (QED) is 0.561. The van der Waals surface area contributed by atoms with Crippen molar-refractivity contribution in [2.45, 2.75) is 25.7 Å². The smallest absolute Gasteiger partial charge is 0.0167 e. The van der Waals surface area contributed by atoms with E-state index in [0.29, 0.717) is 0 Å². The Balaban J connectivity index is 1.54. The van der Waals surface area contributed by atoms with Crippen LogP contribution in [0.5, 0.6) is 0 Å². The summed E-state index contributed by atoms with van der Waals surface area (Å²) in [5, 5.41) is 0. The summed E-state index contributed by atoms with van der Waals surface area (Å²) in [6.45, 7) is 0. The molecule has 7 aliphatic carbocycles. The van der Waals surface area contributed by atoms with Gasteiger partial charge in [0.15, 0.2) is 0 Å². The Morgan fingerprint density at radius 3 is 2.53 bits per heavy atom. The van der Waals surface area contributed by atoms with Gasteiger partial charge >= 0.3 is 0 Å². The maximum atomic E-state index is 1.70. The van der Waals surface area contributed by atoms with Crippen LogP contribution in [0.3, 0.4) is 0 Å². The van der Waals surface area contributed by atoms with Gasteiger partial charge in [-0.1, -0.05) is 0 Å². The van der Waals surface area contributed by atoms with Gasteiger partial charge in [-0.3, -0.25) is 0 Å². The van der Waals surface area contributed by atoms with Gasteiger partial charge in [-0.15, -0.1) is 0 Å². The van der Waals surface area contributed by atoms with E-state index < -0.39 is 0 Å². The van der Waals surface area contributed by atoms with Crippen molar-refractivity contribution >= 4 is 0 Å². The van der Waals surface area contributed by atoms with E-state index in [1.54, 1.807) is 25.7 Å². The molecule has 0 heterocycles. The van der Waals surface area contributed by atoms with Crippen LogP contribution in [0.15, 0.2) is 0 Å². The van der Waals surface area contributed by atoms with E-state index in [-0.39, 0.29) is 0 Å². The predicted octanol–water partition coefficient (Wildman–Crippen LogP) is 2.79. The monoisotopic (exact) mass is 198 g/mol. The summed E-state index contributed by atoms with van der Waals surface area (Å²) in [7, 11) is 0. The van der Waals surface area contributed by atoms with Crippen LogP contribution in [0, 0.1) is 64.6 Å². The fraction of sp³-hybridized carbons (Fsp3) is 1.00. The zero-order chi connectivity index (χ0) is 9.10. The lowest BCUT2D eigenvalue weighted by Crippen LogP contribution is -2.89. The van der Waals surface area contributed by atoms with E-state index in [4.69, 9.17) is 0 Å². The molecule has 7 rings (SSSR count). The highest BCUT2D eigenvalue weighted by Crippen LogP contribution is 2.97. The molecule has 7 fully saturated rings. The Morgan fingerprint density at radius 1 is 0.667 bits per heavy atom. The van der Waals surface area contributed by atoms with E-state index in [2.05, 4.69) is 0 Å². The first-order valence-electron chi connectivity index (χ1n) is 7.42. The molecular formula is C15H18. The zero-order valence-corrected chi connectivity index (χ0v) is 9.10. The molecule has 1 spiro atoms. The molecule has 0 radical (unpaired) electrons. The first kappa shape index (κ1) is 6.67. The molecule has 6 unspecified atom stereocenters. The molecule has 7 saturated carbocycles. The molecule has 0 amide bonds. The SMILES string of the molecule is C1C2CC3C[C@@H]4C[C@@H]5[C@H]6C7C1C2C37[C@H]6[C@@H]45. The molecule has 0 N–H and O–H groups in total. The highest BCUT2D eigenvalue weighted by atomic mass is 15.0. The summed E-state index contributed by atoms with van der Waals surface area (Å²) >= 11 is 0. The number of rotatable bonds is 0. The lowest BCUT2D eigenvalue weighted by Gasteiger charge is -2.92. The average molecular weight is 198 g/mol. The van der Waals surface area contributed by atoms with Crippen molar-refractivity contribution < 1.29 is 0 Å². The molecule has 0 nitrogen and oxygen atoms in total. The normalized spacial score (nSPS) is 91.2. The van der Waals surface area contributed by atoms with Crippen LogP contribution >= 0.6 is 0 Å². The molecule has 0 heteroatoms. The lowest BCUT2D eigenvalue weighted by molar-refractivity contribution is -0.457. The van der Waals surface area contributed by atoms with Gasteiger partial charge in [0.05, 0.1) is 0 Å². The minimum Gasteiger partial charge on any atom is -0.0467 e. The van der Waals surface area contributed by atoms with E-state index in [0.717, 1.165) is 5.41 Å². The van der Waals surface area contributed by atoms with Crippen molar-refractivity contribution in [3.8, 4) is 0 Å². The minimum atomic E-state index is 1.04. The third-order valence-electron chi connectivity index (χ3n) is 8.97.